The molecule has 0 aliphatic heterocycles. The van der Waals surface area contributed by atoms with Crippen LogP contribution in [0.25, 0.3) is 0 Å². The largest absolute Gasteiger partial charge is 0.478 e. The third kappa shape index (κ3) is 3.15. The Kier molecular flexibility index (Phi) is 4.58. The molecule has 1 aromatic rings. The van der Waals surface area contributed by atoms with E-state index in [-0.39, 0.29) is 5.41 Å². The number of nitrogens with one attached hydrogen (secondary N) is 1. The first-order chi connectivity index (χ1) is 9.21. The number of rotatable bonds is 6. The van der Waals surface area contributed by atoms with E-state index in [4.69, 9.17) is 10.5 Å². The van der Waals surface area contributed by atoms with Gasteiger partial charge in [-0.3, -0.25) is 0 Å². The minimum Gasteiger partial charge on any atom is -0.478 e. The maximum absolute atomic E-state index is 5.95. The van der Waals surface area contributed by atoms with E-state index < -0.39 is 0 Å². The first-order valence-corrected chi connectivity index (χ1v) is 7.09. The van der Waals surface area contributed by atoms with Gasteiger partial charge in [0, 0.05) is 6.54 Å². The number of hydrogen-bond donors (Lipinski definition) is 2. The lowest BCUT2D eigenvalue weighted by Crippen LogP contribution is -2.35. The molecule has 0 aromatic carbocycles. The van der Waals surface area contributed by atoms with Crippen LogP contribution in [0.3, 0.4) is 0 Å². The summed E-state index contributed by atoms with van der Waals surface area (Å²) in [6.45, 7) is 6.17. The average Bonchev–Trinajstić information content (AvgIpc) is 2.89. The van der Waals surface area contributed by atoms with Gasteiger partial charge < -0.3 is 15.8 Å². The zero-order chi connectivity index (χ0) is 13.7. The van der Waals surface area contributed by atoms with Crippen LogP contribution in [-0.4, -0.2) is 29.7 Å². The molecular weight excluding hydrogens is 240 g/mol. The third-order valence-corrected chi connectivity index (χ3v) is 4.05. The van der Waals surface area contributed by atoms with E-state index in [2.05, 4.69) is 15.3 Å². The third-order valence-electron chi connectivity index (χ3n) is 4.05. The first-order valence-electron chi connectivity index (χ1n) is 7.09. The molecule has 3 N–H and O–H groups in total. The van der Waals surface area contributed by atoms with Crippen LogP contribution in [0, 0.1) is 12.3 Å². The summed E-state index contributed by atoms with van der Waals surface area (Å²) in [6.07, 6.45) is 6.53. The van der Waals surface area contributed by atoms with E-state index in [0.29, 0.717) is 12.5 Å². The molecule has 0 bridgehead atoms. The van der Waals surface area contributed by atoms with Gasteiger partial charge in [-0.25, -0.2) is 9.97 Å². The molecule has 0 atom stereocenters. The van der Waals surface area contributed by atoms with E-state index in [0.717, 1.165) is 24.5 Å². The highest BCUT2D eigenvalue weighted by molar-refractivity contribution is 5.47. The summed E-state index contributed by atoms with van der Waals surface area (Å²) in [5.41, 5.74) is 7.16. The Labute approximate surface area is 115 Å². The van der Waals surface area contributed by atoms with E-state index in [1.54, 1.807) is 6.33 Å². The maximum Gasteiger partial charge on any atom is 0.221 e. The predicted octanol–water partition coefficient (Wildman–Crippen LogP) is 2.11. The quantitative estimate of drug-likeness (QED) is 0.823. The summed E-state index contributed by atoms with van der Waals surface area (Å²) in [5.74, 6) is 1.52. The fourth-order valence-corrected chi connectivity index (χ4v) is 2.74. The summed E-state index contributed by atoms with van der Waals surface area (Å²) in [7, 11) is 0. The fraction of sp³-hybridized carbons (Fsp3) is 0.714. The number of nitrogens with two attached hydrogens (primary N) is 1. The summed E-state index contributed by atoms with van der Waals surface area (Å²) in [4.78, 5) is 8.45. The molecule has 1 aromatic heterocycles. The molecule has 1 fully saturated rings. The molecule has 5 heteroatoms. The van der Waals surface area contributed by atoms with Crippen molar-refractivity contribution in [1.29, 1.82) is 0 Å². The number of anilines is 1. The summed E-state index contributed by atoms with van der Waals surface area (Å²) in [5, 5.41) is 3.43. The van der Waals surface area contributed by atoms with Crippen molar-refractivity contribution >= 4 is 5.82 Å². The highest BCUT2D eigenvalue weighted by atomic mass is 16.5. The van der Waals surface area contributed by atoms with Crippen molar-refractivity contribution in [3.05, 3.63) is 11.9 Å². The van der Waals surface area contributed by atoms with Gasteiger partial charge in [-0.2, -0.15) is 0 Å². The highest BCUT2D eigenvalue weighted by Gasteiger charge is 2.32. The van der Waals surface area contributed by atoms with Gasteiger partial charge in [0.2, 0.25) is 5.88 Å². The van der Waals surface area contributed by atoms with E-state index in [9.17, 15) is 0 Å². The number of nitrogens with zero attached hydrogens (tertiary/aromatic N) is 2. The lowest BCUT2D eigenvalue weighted by molar-refractivity contribution is 0.322. The molecule has 0 amide bonds. The van der Waals surface area contributed by atoms with E-state index >= 15 is 0 Å². The lowest BCUT2D eigenvalue weighted by Gasteiger charge is -2.28. The van der Waals surface area contributed by atoms with Crippen LogP contribution >= 0.6 is 0 Å². The molecule has 1 heterocycles. The van der Waals surface area contributed by atoms with Crippen molar-refractivity contribution in [3.8, 4) is 5.88 Å². The number of aromatic nitrogens is 2. The van der Waals surface area contributed by atoms with Gasteiger partial charge in [-0.1, -0.05) is 12.8 Å². The minimum absolute atomic E-state index is 0.239. The van der Waals surface area contributed by atoms with Crippen molar-refractivity contribution in [2.75, 3.05) is 25.0 Å². The zero-order valence-corrected chi connectivity index (χ0v) is 11.9. The Morgan fingerprint density at radius 2 is 2.11 bits per heavy atom. The van der Waals surface area contributed by atoms with Crippen LogP contribution < -0.4 is 15.8 Å². The second-order valence-electron chi connectivity index (χ2n) is 5.35. The van der Waals surface area contributed by atoms with Gasteiger partial charge in [0.05, 0.1) is 12.2 Å². The number of hydrogen-bond acceptors (Lipinski definition) is 5. The normalized spacial score (nSPS) is 17.4. The SMILES string of the molecule is CCOc1ncnc(NCC2(CN)CCCC2)c1C. The molecular formula is C14H24N4O. The van der Waals surface area contributed by atoms with Crippen molar-refractivity contribution in [3.63, 3.8) is 0 Å². The molecule has 19 heavy (non-hydrogen) atoms. The molecule has 0 spiro atoms. The minimum atomic E-state index is 0.239. The smallest absolute Gasteiger partial charge is 0.221 e. The van der Waals surface area contributed by atoms with Crippen LogP contribution in [0.2, 0.25) is 0 Å². The van der Waals surface area contributed by atoms with E-state index in [1.807, 2.05) is 13.8 Å². The van der Waals surface area contributed by atoms with Gasteiger partial charge in [-0.05, 0) is 38.6 Å². The molecule has 106 valence electrons. The number of ether oxygens (including phenoxy) is 1. The van der Waals surface area contributed by atoms with Crippen molar-refractivity contribution < 1.29 is 4.74 Å². The Hall–Kier alpha value is -1.36. The molecule has 5 nitrogen and oxygen atoms in total. The second kappa shape index (κ2) is 6.19. The summed E-state index contributed by atoms with van der Waals surface area (Å²) >= 11 is 0. The van der Waals surface area contributed by atoms with Gasteiger partial charge in [0.1, 0.15) is 12.1 Å². The van der Waals surface area contributed by atoms with Crippen LogP contribution in [0.15, 0.2) is 6.33 Å². The van der Waals surface area contributed by atoms with Gasteiger partial charge in [0.15, 0.2) is 0 Å². The van der Waals surface area contributed by atoms with Crippen LogP contribution in [0.4, 0.5) is 5.82 Å². The Balaban J connectivity index is 2.04. The van der Waals surface area contributed by atoms with Crippen molar-refractivity contribution in [1.82, 2.24) is 9.97 Å². The Morgan fingerprint density at radius 3 is 2.74 bits per heavy atom. The topological polar surface area (TPSA) is 73.1 Å². The summed E-state index contributed by atoms with van der Waals surface area (Å²) < 4.78 is 5.48. The van der Waals surface area contributed by atoms with Crippen LogP contribution in [0.5, 0.6) is 5.88 Å². The highest BCUT2D eigenvalue weighted by Crippen LogP contribution is 2.37. The fourth-order valence-electron chi connectivity index (χ4n) is 2.74. The molecule has 2 rings (SSSR count). The molecule has 0 saturated heterocycles. The second-order valence-corrected chi connectivity index (χ2v) is 5.35. The Bertz CT molecular complexity index is 416. The average molecular weight is 264 g/mol. The molecule has 1 saturated carbocycles. The van der Waals surface area contributed by atoms with Crippen molar-refractivity contribution in [2.24, 2.45) is 11.1 Å². The standard InChI is InChI=1S/C14H24N4O/c1-3-19-13-11(2)12(17-10-18-13)16-9-14(8-15)6-4-5-7-14/h10H,3-9,15H2,1-2H3,(H,16,17,18). The van der Waals surface area contributed by atoms with Crippen molar-refractivity contribution in [2.45, 2.75) is 39.5 Å². The maximum atomic E-state index is 5.95. The van der Waals surface area contributed by atoms with E-state index in [1.165, 1.54) is 25.7 Å². The van der Waals surface area contributed by atoms with Gasteiger partial charge >= 0.3 is 0 Å². The monoisotopic (exact) mass is 264 g/mol. The molecule has 0 unspecified atom stereocenters. The predicted molar refractivity (Wildman–Crippen MR) is 76.4 cm³/mol. The zero-order valence-electron chi connectivity index (χ0n) is 11.9. The summed E-state index contributed by atoms with van der Waals surface area (Å²) in [6, 6.07) is 0. The molecule has 0 radical (unpaired) electrons. The van der Waals surface area contributed by atoms with Crippen LogP contribution in [0.1, 0.15) is 38.2 Å². The van der Waals surface area contributed by atoms with Gasteiger partial charge in [0.25, 0.3) is 0 Å². The first kappa shape index (κ1) is 14.1. The lowest BCUT2D eigenvalue weighted by atomic mass is 9.86. The van der Waals surface area contributed by atoms with Gasteiger partial charge in [-0.15, -0.1) is 0 Å². The molecule has 1 aliphatic carbocycles. The van der Waals surface area contributed by atoms with Crippen LogP contribution in [-0.2, 0) is 0 Å². The molecule has 1 aliphatic rings. The Morgan fingerprint density at radius 1 is 1.37 bits per heavy atom.